The van der Waals surface area contributed by atoms with Gasteiger partial charge < -0.3 is 9.42 Å². The average Bonchev–Trinajstić information content (AvgIpc) is 3.07. The molecule has 0 amide bonds. The van der Waals surface area contributed by atoms with E-state index < -0.39 is 22.4 Å². The fraction of sp³-hybridized carbons (Fsp3) is 0.211. The number of rotatable bonds is 3. The summed E-state index contributed by atoms with van der Waals surface area (Å²) in [6, 6.07) is 18.5. The lowest BCUT2D eigenvalue weighted by Gasteiger charge is -2.34. The Kier molecular flexibility index (Phi) is 4.32. The number of hydrogen-bond donors (Lipinski definition) is 0. The standard InChI is InChI=1S/C19H17N3O3S2/c1-19(2)15(27-18(26)21(19)14-11-7-4-8-12-14)22-16(23)20(17(24)25-22)13-9-5-3-6-10-13/h3-12,15H,1-2H3/t15-/m0/s1. The van der Waals surface area contributed by atoms with Crippen LogP contribution in [-0.4, -0.2) is 19.2 Å². The zero-order valence-corrected chi connectivity index (χ0v) is 16.4. The summed E-state index contributed by atoms with van der Waals surface area (Å²) in [6.07, 6.45) is 0. The largest absolute Gasteiger partial charge is 0.447 e. The first-order chi connectivity index (χ1) is 12.9. The lowest BCUT2D eigenvalue weighted by atomic mass is 10.0. The lowest BCUT2D eigenvalue weighted by Crippen LogP contribution is -2.46. The van der Waals surface area contributed by atoms with Crippen LogP contribution in [0.1, 0.15) is 19.2 Å². The van der Waals surface area contributed by atoms with E-state index in [2.05, 4.69) is 0 Å². The van der Waals surface area contributed by atoms with E-state index in [4.69, 9.17) is 16.7 Å². The summed E-state index contributed by atoms with van der Waals surface area (Å²) >= 11 is 6.91. The van der Waals surface area contributed by atoms with Crippen molar-refractivity contribution in [3.8, 4) is 5.69 Å². The van der Waals surface area contributed by atoms with Crippen molar-refractivity contribution >= 4 is 34.0 Å². The molecule has 4 rings (SSSR count). The van der Waals surface area contributed by atoms with Gasteiger partial charge in [0.1, 0.15) is 9.69 Å². The fourth-order valence-corrected chi connectivity index (χ4v) is 5.14. The highest BCUT2D eigenvalue weighted by molar-refractivity contribution is 8.23. The second-order valence-electron chi connectivity index (χ2n) is 6.70. The number of hydrogen-bond acceptors (Lipinski definition) is 5. The van der Waals surface area contributed by atoms with Gasteiger partial charge in [-0.15, -0.1) is 4.74 Å². The molecule has 1 atom stereocenters. The van der Waals surface area contributed by atoms with Gasteiger partial charge in [-0.05, 0) is 38.1 Å². The molecule has 1 fully saturated rings. The molecule has 2 aromatic carbocycles. The molecule has 0 saturated carbocycles. The molecule has 6 nitrogen and oxygen atoms in total. The van der Waals surface area contributed by atoms with Crippen LogP contribution >= 0.6 is 24.0 Å². The summed E-state index contributed by atoms with van der Waals surface area (Å²) in [4.78, 5) is 27.3. The summed E-state index contributed by atoms with van der Waals surface area (Å²) < 4.78 is 8.15. The average molecular weight is 399 g/mol. The second-order valence-corrected chi connectivity index (χ2v) is 8.41. The highest BCUT2D eigenvalue weighted by Gasteiger charge is 2.49. The van der Waals surface area contributed by atoms with Gasteiger partial charge in [0, 0.05) is 5.69 Å². The lowest BCUT2D eigenvalue weighted by molar-refractivity contribution is 0.204. The molecule has 0 aliphatic carbocycles. The zero-order valence-electron chi connectivity index (χ0n) is 14.7. The zero-order chi connectivity index (χ0) is 19.2. The first-order valence-electron chi connectivity index (χ1n) is 8.37. The molecule has 0 unspecified atom stereocenters. The number of thioether (sulfide) groups is 1. The normalized spacial score (nSPS) is 18.8. The molecule has 2 heterocycles. The van der Waals surface area contributed by atoms with Gasteiger partial charge in [-0.3, -0.25) is 0 Å². The van der Waals surface area contributed by atoms with E-state index in [1.807, 2.05) is 55.1 Å². The number of anilines is 1. The van der Waals surface area contributed by atoms with Crippen molar-refractivity contribution in [3.05, 3.63) is 81.7 Å². The number of para-hydroxylation sites is 2. The third kappa shape index (κ3) is 2.85. The Morgan fingerprint density at radius 3 is 2.11 bits per heavy atom. The van der Waals surface area contributed by atoms with Crippen LogP contribution in [0.15, 0.2) is 74.8 Å². The highest BCUT2D eigenvalue weighted by Crippen LogP contribution is 2.48. The Balaban J connectivity index is 1.80. The fourth-order valence-electron chi connectivity index (χ4n) is 3.27. The Morgan fingerprint density at radius 1 is 0.963 bits per heavy atom. The molecule has 1 saturated heterocycles. The van der Waals surface area contributed by atoms with E-state index >= 15 is 0 Å². The van der Waals surface area contributed by atoms with E-state index in [0.717, 1.165) is 15.0 Å². The van der Waals surface area contributed by atoms with E-state index in [1.165, 1.54) is 11.8 Å². The maximum absolute atomic E-state index is 13.0. The minimum Gasteiger partial charge on any atom is -0.319 e. The van der Waals surface area contributed by atoms with Gasteiger partial charge in [-0.25, -0.2) is 9.59 Å². The van der Waals surface area contributed by atoms with Crippen LogP contribution in [0.25, 0.3) is 5.69 Å². The maximum Gasteiger partial charge on any atom is 0.447 e. The molecule has 1 aliphatic rings. The van der Waals surface area contributed by atoms with Gasteiger partial charge in [0.15, 0.2) is 0 Å². The predicted octanol–water partition coefficient (Wildman–Crippen LogP) is 3.41. The van der Waals surface area contributed by atoms with Gasteiger partial charge in [-0.1, -0.05) is 60.4 Å². The van der Waals surface area contributed by atoms with E-state index in [0.29, 0.717) is 10.0 Å². The summed E-state index contributed by atoms with van der Waals surface area (Å²) in [7, 11) is 0. The Morgan fingerprint density at radius 2 is 1.52 bits per heavy atom. The van der Waals surface area contributed by atoms with Crippen LogP contribution in [0.4, 0.5) is 5.69 Å². The van der Waals surface area contributed by atoms with Crippen molar-refractivity contribution < 1.29 is 4.52 Å². The Labute approximate surface area is 165 Å². The maximum atomic E-state index is 13.0. The van der Waals surface area contributed by atoms with Crippen LogP contribution in [0, 0.1) is 0 Å². The molecule has 3 aromatic rings. The Hall–Kier alpha value is -2.58. The van der Waals surface area contributed by atoms with Crippen LogP contribution in [0.5, 0.6) is 0 Å². The molecular weight excluding hydrogens is 382 g/mol. The van der Waals surface area contributed by atoms with Gasteiger partial charge in [0.25, 0.3) is 0 Å². The number of benzene rings is 2. The molecule has 0 bridgehead atoms. The number of nitrogens with zero attached hydrogens (tertiary/aromatic N) is 3. The first-order valence-corrected chi connectivity index (χ1v) is 9.66. The quantitative estimate of drug-likeness (QED) is 0.629. The summed E-state index contributed by atoms with van der Waals surface area (Å²) in [6.45, 7) is 3.95. The predicted molar refractivity (Wildman–Crippen MR) is 111 cm³/mol. The molecule has 1 aliphatic heterocycles. The van der Waals surface area contributed by atoms with E-state index in [-0.39, 0.29) is 0 Å². The number of thiocarbonyl (C=S) groups is 1. The smallest absolute Gasteiger partial charge is 0.319 e. The van der Waals surface area contributed by atoms with Crippen molar-refractivity contribution in [2.24, 2.45) is 0 Å². The van der Waals surface area contributed by atoms with Gasteiger partial charge in [0.2, 0.25) is 0 Å². The molecule has 0 spiro atoms. The monoisotopic (exact) mass is 399 g/mol. The topological polar surface area (TPSA) is 60.4 Å². The van der Waals surface area contributed by atoms with Crippen molar-refractivity contribution in [2.45, 2.75) is 24.8 Å². The molecule has 138 valence electrons. The minimum absolute atomic E-state index is 0.471. The molecular formula is C19H17N3O3S2. The van der Waals surface area contributed by atoms with Gasteiger partial charge >= 0.3 is 11.4 Å². The van der Waals surface area contributed by atoms with E-state index in [1.54, 1.807) is 24.3 Å². The summed E-state index contributed by atoms with van der Waals surface area (Å²) in [5.41, 5.74) is 0.305. The number of aromatic nitrogens is 2. The summed E-state index contributed by atoms with van der Waals surface area (Å²) in [5.74, 6) is -0.716. The van der Waals surface area contributed by atoms with Crippen molar-refractivity contribution in [1.29, 1.82) is 0 Å². The van der Waals surface area contributed by atoms with Crippen molar-refractivity contribution in [1.82, 2.24) is 9.31 Å². The molecule has 8 heteroatoms. The second kappa shape index (κ2) is 6.54. The third-order valence-electron chi connectivity index (χ3n) is 4.56. The van der Waals surface area contributed by atoms with Gasteiger partial charge in [0.05, 0.1) is 11.2 Å². The van der Waals surface area contributed by atoms with Gasteiger partial charge in [-0.2, -0.15) is 4.57 Å². The van der Waals surface area contributed by atoms with Crippen molar-refractivity contribution in [3.63, 3.8) is 0 Å². The highest BCUT2D eigenvalue weighted by atomic mass is 32.2. The van der Waals surface area contributed by atoms with Crippen LogP contribution < -0.4 is 16.3 Å². The van der Waals surface area contributed by atoms with E-state index in [9.17, 15) is 9.59 Å². The summed E-state index contributed by atoms with van der Waals surface area (Å²) in [5, 5.41) is -0.477. The molecule has 1 aromatic heterocycles. The molecule has 0 N–H and O–H groups in total. The van der Waals surface area contributed by atoms with Crippen LogP contribution in [0.2, 0.25) is 0 Å². The third-order valence-corrected chi connectivity index (χ3v) is 6.40. The van der Waals surface area contributed by atoms with Crippen LogP contribution in [0.3, 0.4) is 0 Å². The Bertz CT molecular complexity index is 1100. The van der Waals surface area contributed by atoms with Crippen LogP contribution in [-0.2, 0) is 0 Å². The first kappa shape index (κ1) is 17.8. The molecule has 0 radical (unpaired) electrons. The molecule has 27 heavy (non-hydrogen) atoms. The minimum atomic E-state index is -0.716. The van der Waals surface area contributed by atoms with Crippen molar-refractivity contribution in [2.75, 3.05) is 4.90 Å². The SMILES string of the molecule is CC1(C)[C@@H](n2oc(=O)n(-c3ccccc3)c2=O)SC(=S)N1c1ccccc1.